The number of amides is 1. The van der Waals surface area contributed by atoms with Crippen LogP contribution < -0.4 is 10.1 Å². The fourth-order valence-electron chi connectivity index (χ4n) is 2.73. The van der Waals surface area contributed by atoms with Crippen molar-refractivity contribution in [3.8, 4) is 5.75 Å². The second-order valence-corrected chi connectivity index (χ2v) is 5.46. The molecule has 2 atom stereocenters. The molecule has 21 heavy (non-hydrogen) atoms. The topological polar surface area (TPSA) is 75.6 Å². The molecule has 1 amide bonds. The second-order valence-electron chi connectivity index (χ2n) is 5.46. The number of ether oxygens (including phenoxy) is 1. The predicted molar refractivity (Wildman–Crippen MR) is 77.9 cm³/mol. The van der Waals surface area contributed by atoms with Crippen LogP contribution in [-0.2, 0) is 16.1 Å². The van der Waals surface area contributed by atoms with E-state index in [1.165, 1.54) is 0 Å². The average molecular weight is 291 g/mol. The first-order valence-corrected chi connectivity index (χ1v) is 7.23. The molecule has 0 saturated heterocycles. The Balaban J connectivity index is 1.84. The molecule has 2 rings (SSSR count). The van der Waals surface area contributed by atoms with Crippen LogP contribution in [0.5, 0.6) is 5.75 Å². The fraction of sp³-hybridized carbons (Fsp3) is 0.500. The number of carbonyl (C=O) groups excluding carboxylic acids is 1. The molecule has 114 valence electrons. The highest BCUT2D eigenvalue weighted by atomic mass is 16.5. The van der Waals surface area contributed by atoms with E-state index in [1.54, 1.807) is 7.11 Å². The number of hydrogen-bond acceptors (Lipinski definition) is 3. The standard InChI is InChI=1S/C16H21NO4/c1-21-14-7-5-11(6-8-14)10-17-15(18)12-3-2-4-13(9-12)16(19)20/h5-8,12-13H,2-4,9-10H2,1H3,(H,17,18)(H,19,20). The van der Waals surface area contributed by atoms with Crippen LogP contribution in [0.1, 0.15) is 31.2 Å². The SMILES string of the molecule is COc1ccc(CNC(=O)C2CCCC(C(=O)O)C2)cc1. The third-order valence-electron chi connectivity index (χ3n) is 4.02. The molecule has 0 aliphatic heterocycles. The van der Waals surface area contributed by atoms with Crippen LogP contribution >= 0.6 is 0 Å². The van der Waals surface area contributed by atoms with Crippen molar-refractivity contribution < 1.29 is 19.4 Å². The van der Waals surface area contributed by atoms with Gasteiger partial charge in [-0.3, -0.25) is 9.59 Å². The zero-order valence-electron chi connectivity index (χ0n) is 12.2. The van der Waals surface area contributed by atoms with Gasteiger partial charge in [-0.15, -0.1) is 0 Å². The number of aliphatic carboxylic acids is 1. The van der Waals surface area contributed by atoms with E-state index in [9.17, 15) is 9.59 Å². The molecule has 1 fully saturated rings. The van der Waals surface area contributed by atoms with Crippen molar-refractivity contribution in [1.82, 2.24) is 5.32 Å². The third kappa shape index (κ3) is 4.21. The number of nitrogens with one attached hydrogen (secondary N) is 1. The molecule has 5 nitrogen and oxygen atoms in total. The first-order valence-electron chi connectivity index (χ1n) is 7.23. The molecule has 1 aromatic carbocycles. The normalized spacial score (nSPS) is 21.6. The van der Waals surface area contributed by atoms with E-state index >= 15 is 0 Å². The lowest BCUT2D eigenvalue weighted by Crippen LogP contribution is -2.35. The third-order valence-corrected chi connectivity index (χ3v) is 4.02. The summed E-state index contributed by atoms with van der Waals surface area (Å²) in [6.45, 7) is 0.455. The van der Waals surface area contributed by atoms with Crippen LogP contribution in [0.2, 0.25) is 0 Å². The molecule has 0 heterocycles. The lowest BCUT2D eigenvalue weighted by Gasteiger charge is -2.25. The van der Waals surface area contributed by atoms with E-state index in [2.05, 4.69) is 5.32 Å². The van der Waals surface area contributed by atoms with Crippen LogP contribution in [0.4, 0.5) is 0 Å². The molecular weight excluding hydrogens is 270 g/mol. The molecule has 0 aromatic heterocycles. The highest BCUT2D eigenvalue weighted by Gasteiger charge is 2.30. The lowest BCUT2D eigenvalue weighted by molar-refractivity contribution is -0.144. The van der Waals surface area contributed by atoms with Crippen molar-refractivity contribution in [1.29, 1.82) is 0 Å². The summed E-state index contributed by atoms with van der Waals surface area (Å²) in [5.74, 6) is -0.616. The van der Waals surface area contributed by atoms with Gasteiger partial charge in [-0.25, -0.2) is 0 Å². The van der Waals surface area contributed by atoms with Gasteiger partial charge in [0, 0.05) is 12.5 Å². The van der Waals surface area contributed by atoms with Crippen LogP contribution in [0.25, 0.3) is 0 Å². The summed E-state index contributed by atoms with van der Waals surface area (Å²) in [5, 5.41) is 11.9. The quantitative estimate of drug-likeness (QED) is 0.872. The molecule has 1 saturated carbocycles. The van der Waals surface area contributed by atoms with E-state index in [-0.39, 0.29) is 17.7 Å². The van der Waals surface area contributed by atoms with E-state index in [4.69, 9.17) is 9.84 Å². The Morgan fingerprint density at radius 1 is 1.24 bits per heavy atom. The maximum absolute atomic E-state index is 12.1. The smallest absolute Gasteiger partial charge is 0.306 e. The van der Waals surface area contributed by atoms with Crippen LogP contribution in [0.15, 0.2) is 24.3 Å². The van der Waals surface area contributed by atoms with Gasteiger partial charge in [-0.1, -0.05) is 18.6 Å². The molecule has 0 spiro atoms. The molecule has 5 heteroatoms. The summed E-state index contributed by atoms with van der Waals surface area (Å²) < 4.78 is 5.08. The minimum Gasteiger partial charge on any atom is -0.497 e. The molecule has 0 radical (unpaired) electrons. The summed E-state index contributed by atoms with van der Waals surface area (Å²) in [4.78, 5) is 23.2. The first-order chi connectivity index (χ1) is 10.1. The molecular formula is C16H21NO4. The van der Waals surface area contributed by atoms with Gasteiger partial charge in [-0.2, -0.15) is 0 Å². The predicted octanol–water partition coefficient (Wildman–Crippen LogP) is 2.20. The van der Waals surface area contributed by atoms with Gasteiger partial charge in [0.1, 0.15) is 5.75 Å². The number of carbonyl (C=O) groups is 2. The van der Waals surface area contributed by atoms with Gasteiger partial charge in [-0.05, 0) is 37.0 Å². The summed E-state index contributed by atoms with van der Waals surface area (Å²) in [6.07, 6.45) is 2.71. The molecule has 2 unspecified atom stereocenters. The zero-order valence-corrected chi connectivity index (χ0v) is 12.2. The van der Waals surface area contributed by atoms with Crippen LogP contribution in [0, 0.1) is 11.8 Å². The van der Waals surface area contributed by atoms with Gasteiger partial charge >= 0.3 is 5.97 Å². The minimum absolute atomic E-state index is 0.0447. The Morgan fingerprint density at radius 3 is 2.52 bits per heavy atom. The summed E-state index contributed by atoms with van der Waals surface area (Å²) in [7, 11) is 1.61. The van der Waals surface area contributed by atoms with E-state index < -0.39 is 5.97 Å². The van der Waals surface area contributed by atoms with Crippen molar-refractivity contribution in [2.24, 2.45) is 11.8 Å². The number of carboxylic acids is 1. The minimum atomic E-state index is -0.789. The van der Waals surface area contributed by atoms with Crippen molar-refractivity contribution in [2.45, 2.75) is 32.2 Å². The Labute approximate surface area is 124 Å². The summed E-state index contributed by atoms with van der Waals surface area (Å²) >= 11 is 0. The number of methoxy groups -OCH3 is 1. The van der Waals surface area contributed by atoms with Gasteiger partial charge in [0.15, 0.2) is 0 Å². The first kappa shape index (κ1) is 15.4. The molecule has 1 aliphatic rings. The summed E-state index contributed by atoms with van der Waals surface area (Å²) in [6, 6.07) is 7.51. The monoisotopic (exact) mass is 291 g/mol. The fourth-order valence-corrected chi connectivity index (χ4v) is 2.73. The van der Waals surface area contributed by atoms with Crippen molar-refractivity contribution >= 4 is 11.9 Å². The van der Waals surface area contributed by atoms with Crippen molar-refractivity contribution in [3.05, 3.63) is 29.8 Å². The Kier molecular flexibility index (Phi) is 5.20. The Bertz CT molecular complexity index is 498. The lowest BCUT2D eigenvalue weighted by atomic mass is 9.81. The Morgan fingerprint density at radius 2 is 1.90 bits per heavy atom. The van der Waals surface area contributed by atoms with Crippen molar-refractivity contribution in [3.63, 3.8) is 0 Å². The Hall–Kier alpha value is -2.04. The number of carboxylic acid groups (broad SMARTS) is 1. The summed E-state index contributed by atoms with van der Waals surface area (Å²) in [5.41, 5.74) is 0.995. The second kappa shape index (κ2) is 7.11. The zero-order chi connectivity index (χ0) is 15.2. The van der Waals surface area contributed by atoms with Gasteiger partial charge in [0.25, 0.3) is 0 Å². The molecule has 1 aliphatic carbocycles. The largest absolute Gasteiger partial charge is 0.497 e. The molecule has 1 aromatic rings. The average Bonchev–Trinajstić information content (AvgIpc) is 2.53. The maximum atomic E-state index is 12.1. The highest BCUT2D eigenvalue weighted by molar-refractivity contribution is 5.80. The highest BCUT2D eigenvalue weighted by Crippen LogP contribution is 2.29. The number of benzene rings is 1. The maximum Gasteiger partial charge on any atom is 0.306 e. The van der Waals surface area contributed by atoms with Gasteiger partial charge < -0.3 is 15.2 Å². The number of rotatable bonds is 5. The van der Waals surface area contributed by atoms with Gasteiger partial charge in [0.05, 0.1) is 13.0 Å². The molecule has 2 N–H and O–H groups in total. The van der Waals surface area contributed by atoms with Gasteiger partial charge in [0.2, 0.25) is 5.91 Å². The van der Waals surface area contributed by atoms with Crippen molar-refractivity contribution in [2.75, 3.05) is 7.11 Å². The number of hydrogen-bond donors (Lipinski definition) is 2. The van der Waals surface area contributed by atoms with E-state index in [0.29, 0.717) is 19.4 Å². The van der Waals surface area contributed by atoms with E-state index in [0.717, 1.165) is 24.2 Å². The van der Waals surface area contributed by atoms with Crippen LogP contribution in [0.3, 0.4) is 0 Å². The van der Waals surface area contributed by atoms with Crippen LogP contribution in [-0.4, -0.2) is 24.1 Å². The van der Waals surface area contributed by atoms with E-state index in [1.807, 2.05) is 24.3 Å². The molecule has 0 bridgehead atoms.